The molecule has 0 radical (unpaired) electrons. The molecule has 0 aliphatic rings. The van der Waals surface area contributed by atoms with Crippen molar-refractivity contribution in [2.24, 2.45) is 0 Å². The molecule has 104 valence electrons. The summed E-state index contributed by atoms with van der Waals surface area (Å²) in [5, 5.41) is 2.43. The lowest BCUT2D eigenvalue weighted by atomic mass is 10.3. The number of esters is 1. The van der Waals surface area contributed by atoms with Gasteiger partial charge in [0.05, 0.1) is 23.7 Å². The smallest absolute Gasteiger partial charge is 0.329 e. The molecule has 0 aliphatic heterocycles. The predicted molar refractivity (Wildman–Crippen MR) is 75.0 cm³/mol. The Morgan fingerprint density at radius 2 is 2.16 bits per heavy atom. The molecule has 0 heterocycles. The van der Waals surface area contributed by atoms with Crippen molar-refractivity contribution in [3.8, 4) is 0 Å². The van der Waals surface area contributed by atoms with E-state index >= 15 is 0 Å². The van der Waals surface area contributed by atoms with Gasteiger partial charge in [0.15, 0.2) is 0 Å². The summed E-state index contributed by atoms with van der Waals surface area (Å²) in [5.74, 6) is -1.01. The van der Waals surface area contributed by atoms with Crippen LogP contribution in [0.3, 0.4) is 0 Å². The standard InChI is InChI=1S/C12H14BrNO4S/c1-8(15)14-11(12(16)18-2)7-19(17)10-5-3-4-9(13)6-10/h3-6,11H,7H2,1-2H3,(H,14,15). The Kier molecular flexibility index (Phi) is 6.17. The number of carbonyl (C=O) groups is 2. The van der Waals surface area contributed by atoms with Gasteiger partial charge in [-0.25, -0.2) is 4.79 Å². The highest BCUT2D eigenvalue weighted by atomic mass is 79.9. The number of amides is 1. The quantitative estimate of drug-likeness (QED) is 0.813. The number of halogens is 1. The van der Waals surface area contributed by atoms with E-state index in [1.165, 1.54) is 14.0 Å². The minimum absolute atomic E-state index is 0.0251. The highest BCUT2D eigenvalue weighted by molar-refractivity contribution is 9.10. The summed E-state index contributed by atoms with van der Waals surface area (Å²) in [6, 6.07) is 6.05. The number of methoxy groups -OCH3 is 1. The lowest BCUT2D eigenvalue weighted by molar-refractivity contribution is -0.144. The van der Waals surface area contributed by atoms with Crippen LogP contribution in [0.25, 0.3) is 0 Å². The van der Waals surface area contributed by atoms with Crippen molar-refractivity contribution in [2.75, 3.05) is 12.9 Å². The molecule has 1 rings (SSSR count). The lowest BCUT2D eigenvalue weighted by Crippen LogP contribution is -2.44. The first-order chi connectivity index (χ1) is 8.93. The monoisotopic (exact) mass is 347 g/mol. The van der Waals surface area contributed by atoms with Crippen LogP contribution in [-0.2, 0) is 25.1 Å². The first-order valence-electron chi connectivity index (χ1n) is 5.43. The van der Waals surface area contributed by atoms with E-state index in [0.717, 1.165) is 4.47 Å². The summed E-state index contributed by atoms with van der Waals surface area (Å²) < 4.78 is 17.5. The molecule has 0 fully saturated rings. The van der Waals surface area contributed by atoms with Gasteiger partial charge in [0, 0.05) is 16.3 Å². The number of nitrogens with one attached hydrogen (secondary N) is 1. The number of hydrogen-bond acceptors (Lipinski definition) is 4. The molecule has 0 spiro atoms. The first-order valence-corrected chi connectivity index (χ1v) is 7.54. The molecule has 0 aliphatic carbocycles. The maximum Gasteiger partial charge on any atom is 0.329 e. The molecule has 1 N–H and O–H groups in total. The van der Waals surface area contributed by atoms with Gasteiger partial charge in [0.25, 0.3) is 0 Å². The number of carbonyl (C=O) groups excluding carboxylic acids is 2. The van der Waals surface area contributed by atoms with E-state index in [0.29, 0.717) is 4.90 Å². The van der Waals surface area contributed by atoms with Crippen LogP contribution in [0.1, 0.15) is 6.92 Å². The molecule has 1 aromatic rings. The number of benzene rings is 1. The van der Waals surface area contributed by atoms with Gasteiger partial charge in [0.1, 0.15) is 6.04 Å². The first kappa shape index (κ1) is 15.8. The van der Waals surface area contributed by atoms with E-state index in [4.69, 9.17) is 0 Å². The SMILES string of the molecule is COC(=O)C(CS(=O)c1cccc(Br)c1)NC(C)=O. The van der Waals surface area contributed by atoms with Gasteiger partial charge < -0.3 is 10.1 Å². The average Bonchev–Trinajstić information content (AvgIpc) is 2.36. The second-order valence-electron chi connectivity index (χ2n) is 3.75. The predicted octanol–water partition coefficient (Wildman–Crippen LogP) is 1.23. The molecule has 19 heavy (non-hydrogen) atoms. The Labute approximate surface area is 122 Å². The molecule has 0 bridgehead atoms. The van der Waals surface area contributed by atoms with E-state index in [-0.39, 0.29) is 11.7 Å². The van der Waals surface area contributed by atoms with E-state index in [2.05, 4.69) is 26.0 Å². The van der Waals surface area contributed by atoms with Crippen LogP contribution in [-0.4, -0.2) is 35.0 Å². The minimum Gasteiger partial charge on any atom is -0.467 e. The second-order valence-corrected chi connectivity index (χ2v) is 6.16. The van der Waals surface area contributed by atoms with E-state index in [9.17, 15) is 13.8 Å². The molecule has 2 atom stereocenters. The molecular formula is C12H14BrNO4S. The average molecular weight is 348 g/mol. The van der Waals surface area contributed by atoms with Gasteiger partial charge in [-0.15, -0.1) is 0 Å². The summed E-state index contributed by atoms with van der Waals surface area (Å²) in [5.41, 5.74) is 0. The van der Waals surface area contributed by atoms with Crippen LogP contribution in [0.15, 0.2) is 33.6 Å². The van der Waals surface area contributed by atoms with Gasteiger partial charge in [-0.3, -0.25) is 9.00 Å². The van der Waals surface area contributed by atoms with Gasteiger partial charge in [-0.2, -0.15) is 0 Å². The van der Waals surface area contributed by atoms with Gasteiger partial charge in [0.2, 0.25) is 5.91 Å². The maximum absolute atomic E-state index is 12.1. The summed E-state index contributed by atoms with van der Waals surface area (Å²) in [7, 11) is -0.187. The highest BCUT2D eigenvalue weighted by Gasteiger charge is 2.23. The van der Waals surface area contributed by atoms with Crippen LogP contribution in [0.2, 0.25) is 0 Å². The summed E-state index contributed by atoms with van der Waals surface area (Å²) >= 11 is 3.28. The Morgan fingerprint density at radius 1 is 1.47 bits per heavy atom. The molecule has 5 nitrogen and oxygen atoms in total. The minimum atomic E-state index is -1.41. The lowest BCUT2D eigenvalue weighted by Gasteiger charge is -2.15. The molecule has 2 unspecified atom stereocenters. The number of hydrogen-bond donors (Lipinski definition) is 1. The van der Waals surface area contributed by atoms with Gasteiger partial charge in [-0.05, 0) is 18.2 Å². The van der Waals surface area contributed by atoms with Crippen LogP contribution in [0, 0.1) is 0 Å². The van der Waals surface area contributed by atoms with Gasteiger partial charge >= 0.3 is 5.97 Å². The largest absolute Gasteiger partial charge is 0.467 e. The fraction of sp³-hybridized carbons (Fsp3) is 0.333. The third-order valence-corrected chi connectivity index (χ3v) is 4.15. The zero-order valence-corrected chi connectivity index (χ0v) is 12.9. The third-order valence-electron chi connectivity index (χ3n) is 2.24. The van der Waals surface area contributed by atoms with Crippen LogP contribution in [0.4, 0.5) is 0 Å². The normalized spacial score (nSPS) is 13.4. The Bertz CT molecular complexity index is 506. The fourth-order valence-corrected chi connectivity index (χ4v) is 3.17. The fourth-order valence-electron chi connectivity index (χ4n) is 1.41. The van der Waals surface area contributed by atoms with Crippen molar-refractivity contribution >= 4 is 38.6 Å². The molecule has 7 heteroatoms. The highest BCUT2D eigenvalue weighted by Crippen LogP contribution is 2.15. The molecule has 0 saturated heterocycles. The maximum atomic E-state index is 12.1. The van der Waals surface area contributed by atoms with E-state index < -0.39 is 22.8 Å². The van der Waals surface area contributed by atoms with E-state index in [1.807, 2.05) is 6.07 Å². The summed E-state index contributed by atoms with van der Waals surface area (Å²) in [4.78, 5) is 23.1. The Hall–Kier alpha value is -1.21. The van der Waals surface area contributed by atoms with E-state index in [1.54, 1.807) is 18.2 Å². The molecule has 1 aromatic carbocycles. The van der Waals surface area contributed by atoms with Crippen LogP contribution >= 0.6 is 15.9 Å². The van der Waals surface area contributed by atoms with Crippen LogP contribution in [0.5, 0.6) is 0 Å². The van der Waals surface area contributed by atoms with Crippen LogP contribution < -0.4 is 5.32 Å². The zero-order chi connectivity index (χ0) is 14.4. The van der Waals surface area contributed by atoms with Crippen molar-refractivity contribution < 1.29 is 18.5 Å². The topological polar surface area (TPSA) is 72.5 Å². The van der Waals surface area contributed by atoms with Crippen molar-refractivity contribution in [1.29, 1.82) is 0 Å². The Morgan fingerprint density at radius 3 is 2.68 bits per heavy atom. The molecule has 1 amide bonds. The number of rotatable bonds is 5. The summed E-state index contributed by atoms with van der Waals surface area (Å²) in [6.45, 7) is 1.29. The molecular weight excluding hydrogens is 334 g/mol. The number of ether oxygens (including phenoxy) is 1. The molecule has 0 aromatic heterocycles. The van der Waals surface area contributed by atoms with Crippen molar-refractivity contribution in [1.82, 2.24) is 5.32 Å². The Balaban J connectivity index is 2.81. The van der Waals surface area contributed by atoms with Gasteiger partial charge in [-0.1, -0.05) is 22.0 Å². The second kappa shape index (κ2) is 7.40. The van der Waals surface area contributed by atoms with Crippen molar-refractivity contribution in [2.45, 2.75) is 17.9 Å². The van der Waals surface area contributed by atoms with Crippen molar-refractivity contribution in [3.63, 3.8) is 0 Å². The van der Waals surface area contributed by atoms with Crippen molar-refractivity contribution in [3.05, 3.63) is 28.7 Å². The molecule has 0 saturated carbocycles. The zero-order valence-electron chi connectivity index (χ0n) is 10.5. The third kappa shape index (κ3) is 5.12. The summed E-state index contributed by atoms with van der Waals surface area (Å²) in [6.07, 6.45) is 0.